The van der Waals surface area contributed by atoms with E-state index < -0.39 is 0 Å². The van der Waals surface area contributed by atoms with Crippen molar-refractivity contribution < 1.29 is 37.8 Å². The van der Waals surface area contributed by atoms with Gasteiger partial charge in [-0.2, -0.15) is 0 Å². The fraction of sp³-hybridized carbons (Fsp3) is 0.800. The summed E-state index contributed by atoms with van der Waals surface area (Å²) in [5.74, 6) is 0.157. The molecule has 2 atom stereocenters. The van der Waals surface area contributed by atoms with Gasteiger partial charge < -0.3 is 12.0 Å². The first-order valence-electron chi connectivity index (χ1n) is 2.15. The van der Waals surface area contributed by atoms with Crippen molar-refractivity contribution in [1.29, 1.82) is 0 Å². The molecule has 1 N–H and O–H groups in total. The number of aliphatic hydroxyl groups is 1. The van der Waals surface area contributed by atoms with Gasteiger partial charge in [-0.25, -0.2) is 0 Å². The van der Waals surface area contributed by atoms with E-state index in [1.165, 1.54) is 0 Å². The normalized spacial score (nSPS) is 17.1. The Hall–Kier alpha value is 1.06. The molecule has 0 rings (SSSR count). The fourth-order valence-corrected chi connectivity index (χ4v) is 0. The molecule has 0 heterocycles. The third kappa shape index (κ3) is 7.06. The molecule has 0 amide bonds. The Morgan fingerprint density at radius 1 is 1.43 bits per heavy atom. The van der Waals surface area contributed by atoms with Gasteiger partial charge in [-0.3, -0.25) is 0 Å². The second-order valence-corrected chi connectivity index (χ2v) is 1.72. The van der Waals surface area contributed by atoms with E-state index in [-0.39, 0.29) is 44.7 Å². The van der Waals surface area contributed by atoms with Gasteiger partial charge in [0.2, 0.25) is 0 Å². The zero-order valence-electron chi connectivity index (χ0n) is 4.89. The van der Waals surface area contributed by atoms with E-state index in [0.717, 1.165) is 0 Å². The van der Waals surface area contributed by atoms with Crippen LogP contribution in [0.2, 0.25) is 0 Å². The Bertz CT molecular complexity index is 29.1. The summed E-state index contributed by atoms with van der Waals surface area (Å²) in [7, 11) is 0. The molecule has 0 fully saturated rings. The number of aliphatic hydroxyl groups excluding tert-OH is 1. The first-order chi connectivity index (χ1) is 2.64. The molecule has 38 valence electrons. The monoisotopic (exact) mass is 176 g/mol. The van der Waals surface area contributed by atoms with E-state index in [1.54, 1.807) is 6.92 Å². The summed E-state index contributed by atoms with van der Waals surface area (Å²) >= 11 is 0. The molecule has 0 aromatic carbocycles. The van der Waals surface area contributed by atoms with Gasteiger partial charge in [-0.05, 0) is 6.92 Å². The molecule has 0 saturated carbocycles. The van der Waals surface area contributed by atoms with Crippen LogP contribution in [-0.4, -0.2) is 11.2 Å². The minimum atomic E-state index is -0.259. The van der Waals surface area contributed by atoms with Gasteiger partial charge in [0.25, 0.3) is 0 Å². The van der Waals surface area contributed by atoms with Crippen molar-refractivity contribution in [2.45, 2.75) is 20.0 Å². The van der Waals surface area contributed by atoms with Crippen LogP contribution < -0.4 is 0 Å². The fourth-order valence-electron chi connectivity index (χ4n) is 0. The minimum Gasteiger partial charge on any atom is -0.396 e. The molecule has 7 heavy (non-hydrogen) atoms. The van der Waals surface area contributed by atoms with Crippen molar-refractivity contribution in [1.82, 2.24) is 0 Å². The predicted molar refractivity (Wildman–Crippen MR) is 26.2 cm³/mol. The Balaban J connectivity index is 0. The maximum Gasteiger partial charge on any atom is 3.00 e. The Labute approximate surface area is 70.4 Å². The molecule has 2 heteroatoms. The summed E-state index contributed by atoms with van der Waals surface area (Å²) in [5, 5.41) is 8.57. The molecule has 0 aliphatic rings. The van der Waals surface area contributed by atoms with E-state index >= 15 is 0 Å². The third-order valence-electron chi connectivity index (χ3n) is 0.824. The van der Waals surface area contributed by atoms with Gasteiger partial charge in [0.15, 0.2) is 0 Å². The Kier molecular flexibility index (Phi) is 8.14. The molecule has 0 aliphatic heterocycles. The Morgan fingerprint density at radius 3 is 1.57 bits per heavy atom. The van der Waals surface area contributed by atoms with Crippen molar-refractivity contribution in [3.63, 3.8) is 0 Å². The van der Waals surface area contributed by atoms with Crippen molar-refractivity contribution in [3.8, 4) is 0 Å². The topological polar surface area (TPSA) is 20.2 Å². The van der Waals surface area contributed by atoms with Crippen LogP contribution in [0, 0.1) is 12.8 Å². The maximum atomic E-state index is 8.57. The molecule has 0 bridgehead atoms. The summed E-state index contributed by atoms with van der Waals surface area (Å²) in [6.45, 7) is 7.20. The molecule has 1 nitrogen and oxygen atoms in total. The molecule has 0 spiro atoms. The maximum absolute atomic E-state index is 8.57. The van der Waals surface area contributed by atoms with Crippen LogP contribution in [0.15, 0.2) is 0 Å². The van der Waals surface area contributed by atoms with Gasteiger partial charge >= 0.3 is 32.7 Å². The second-order valence-electron chi connectivity index (χ2n) is 1.72. The van der Waals surface area contributed by atoms with Gasteiger partial charge in [-0.15, -0.1) is 5.92 Å². The van der Waals surface area contributed by atoms with E-state index in [1.807, 2.05) is 6.92 Å². The van der Waals surface area contributed by atoms with Crippen LogP contribution in [0.3, 0.4) is 0 Å². The Morgan fingerprint density at radius 2 is 1.57 bits per heavy atom. The van der Waals surface area contributed by atoms with Gasteiger partial charge in [0.05, 0.1) is 0 Å². The average Bonchev–Trinajstić information content (AvgIpc) is 1.36. The molecular weight excluding hydrogens is 165 g/mol. The number of rotatable bonds is 1. The van der Waals surface area contributed by atoms with Gasteiger partial charge in [0.1, 0.15) is 0 Å². The summed E-state index contributed by atoms with van der Waals surface area (Å²) in [4.78, 5) is 0. The minimum absolute atomic E-state index is 0. The van der Waals surface area contributed by atoms with Crippen LogP contribution >= 0.6 is 0 Å². The molecule has 0 radical (unpaired) electrons. The zero-order valence-corrected chi connectivity index (χ0v) is 7.72. The SMILES string of the molecule is [CH2-]C(C)C(C)O.[Y+3]. The van der Waals surface area contributed by atoms with Gasteiger partial charge in [-0.1, -0.05) is 6.92 Å². The quantitative estimate of drug-likeness (QED) is 0.587. The summed E-state index contributed by atoms with van der Waals surface area (Å²) in [5.41, 5.74) is 0. The van der Waals surface area contributed by atoms with Crippen molar-refractivity contribution in [2.24, 2.45) is 5.92 Å². The molecule has 2 unspecified atom stereocenters. The molecule has 0 aromatic rings. The van der Waals surface area contributed by atoms with E-state index in [0.29, 0.717) is 0 Å². The summed E-state index contributed by atoms with van der Waals surface area (Å²) in [6, 6.07) is 0. The number of hydrogen-bond donors (Lipinski definition) is 1. The average molecular weight is 176 g/mol. The third-order valence-corrected chi connectivity index (χ3v) is 0.824. The largest absolute Gasteiger partial charge is 3.00 e. The second kappa shape index (κ2) is 5.21. The van der Waals surface area contributed by atoms with Crippen LogP contribution in [0.25, 0.3) is 0 Å². The molecule has 0 aromatic heterocycles. The van der Waals surface area contributed by atoms with Crippen molar-refractivity contribution in [2.75, 3.05) is 0 Å². The van der Waals surface area contributed by atoms with Crippen molar-refractivity contribution in [3.05, 3.63) is 6.92 Å². The van der Waals surface area contributed by atoms with E-state index in [4.69, 9.17) is 5.11 Å². The number of hydrogen-bond acceptors (Lipinski definition) is 1. The van der Waals surface area contributed by atoms with Crippen LogP contribution in [0.5, 0.6) is 0 Å². The zero-order chi connectivity index (χ0) is 5.15. The van der Waals surface area contributed by atoms with Crippen molar-refractivity contribution >= 4 is 0 Å². The van der Waals surface area contributed by atoms with Crippen LogP contribution in [0.4, 0.5) is 0 Å². The van der Waals surface area contributed by atoms with Gasteiger partial charge in [0, 0.05) is 6.10 Å². The van der Waals surface area contributed by atoms with E-state index in [2.05, 4.69) is 6.92 Å². The van der Waals surface area contributed by atoms with Crippen LogP contribution in [-0.2, 0) is 32.7 Å². The van der Waals surface area contributed by atoms with E-state index in [9.17, 15) is 0 Å². The standard InChI is InChI=1S/C5H11O.Y/c1-4(2)5(3)6;/h4-6H,1H2,2-3H3;/q-1;+3. The molecule has 0 aliphatic carbocycles. The summed E-state index contributed by atoms with van der Waals surface area (Å²) < 4.78 is 0. The molecule has 0 saturated heterocycles. The summed E-state index contributed by atoms with van der Waals surface area (Å²) in [6.07, 6.45) is -0.259. The first kappa shape index (κ1) is 10.9. The molecular formula is C5H11OY+2. The first-order valence-corrected chi connectivity index (χ1v) is 2.15. The van der Waals surface area contributed by atoms with Crippen LogP contribution in [0.1, 0.15) is 13.8 Å². The predicted octanol–water partition coefficient (Wildman–Crippen LogP) is 0.835. The smallest absolute Gasteiger partial charge is 0.396 e.